The number of H-pyrrole nitrogens is 1. The highest BCUT2D eigenvalue weighted by molar-refractivity contribution is 5.67. The van der Waals surface area contributed by atoms with Crippen molar-refractivity contribution in [3.63, 3.8) is 0 Å². The number of aliphatic hydroxyl groups is 3. The van der Waals surface area contributed by atoms with Crippen molar-refractivity contribution >= 4 is 11.4 Å². The number of ether oxygens (including phenoxy) is 2. The number of hydrogen-bond donors (Lipinski definition) is 6. The van der Waals surface area contributed by atoms with Gasteiger partial charge in [-0.15, -0.1) is 5.10 Å². The molecule has 1 aliphatic rings. The van der Waals surface area contributed by atoms with E-state index in [1.807, 2.05) is 0 Å². The van der Waals surface area contributed by atoms with Crippen LogP contribution in [-0.2, 0) is 4.74 Å². The van der Waals surface area contributed by atoms with Crippen LogP contribution in [0.3, 0.4) is 0 Å². The van der Waals surface area contributed by atoms with E-state index in [1.54, 1.807) is 18.2 Å². The fourth-order valence-electron chi connectivity index (χ4n) is 2.25. The van der Waals surface area contributed by atoms with Gasteiger partial charge >= 0.3 is 6.01 Å². The standard InChI is InChI=1S/C14H17N5O5/c15-7-1-6(2-8(16)3-7)13-17-14(19-18-13)24-10-5-23-9(4-20)11(21)12(10)22/h1-3,5,9,11-12,20-22H,4,15-16H2,(H,17,18,19)/t9?,11-,12?/m1/s1. The van der Waals surface area contributed by atoms with Crippen LogP contribution in [0.2, 0.25) is 0 Å². The molecule has 0 aliphatic carbocycles. The lowest BCUT2D eigenvalue weighted by Gasteiger charge is -2.29. The summed E-state index contributed by atoms with van der Waals surface area (Å²) in [4.78, 5) is 4.12. The lowest BCUT2D eigenvalue weighted by Crippen LogP contribution is -2.45. The van der Waals surface area contributed by atoms with Gasteiger partial charge in [0.15, 0.2) is 11.6 Å². The van der Waals surface area contributed by atoms with Crippen LogP contribution >= 0.6 is 0 Å². The topological polar surface area (TPSA) is 173 Å². The maximum absolute atomic E-state index is 9.96. The van der Waals surface area contributed by atoms with Crippen molar-refractivity contribution in [1.82, 2.24) is 15.2 Å². The van der Waals surface area contributed by atoms with E-state index in [-0.39, 0.29) is 11.8 Å². The average Bonchev–Trinajstić information content (AvgIpc) is 3.00. The first kappa shape index (κ1) is 16.1. The molecule has 128 valence electrons. The van der Waals surface area contributed by atoms with E-state index >= 15 is 0 Å². The van der Waals surface area contributed by atoms with Gasteiger partial charge in [0.05, 0.1) is 6.61 Å². The van der Waals surface area contributed by atoms with Gasteiger partial charge < -0.3 is 36.3 Å². The normalized spacial score (nSPS) is 23.5. The molecule has 1 aromatic heterocycles. The zero-order valence-corrected chi connectivity index (χ0v) is 12.5. The zero-order valence-electron chi connectivity index (χ0n) is 12.5. The SMILES string of the molecule is Nc1cc(N)cc(-c2nc(OC3=COC(CO)[C@@H](O)C3O)n[nH]2)c1. The molecule has 0 radical (unpaired) electrons. The van der Waals surface area contributed by atoms with Gasteiger partial charge in [-0.2, -0.15) is 4.98 Å². The number of nitrogen functional groups attached to an aromatic ring is 2. The van der Waals surface area contributed by atoms with Crippen molar-refractivity contribution in [3.05, 3.63) is 30.2 Å². The van der Waals surface area contributed by atoms with Crippen LogP contribution in [0, 0.1) is 0 Å². The second kappa shape index (κ2) is 6.35. The van der Waals surface area contributed by atoms with Gasteiger partial charge in [0.25, 0.3) is 0 Å². The van der Waals surface area contributed by atoms with E-state index < -0.39 is 24.9 Å². The highest BCUT2D eigenvalue weighted by Crippen LogP contribution is 2.25. The van der Waals surface area contributed by atoms with Gasteiger partial charge in [-0.05, 0) is 18.2 Å². The zero-order chi connectivity index (χ0) is 17.3. The molecule has 3 rings (SSSR count). The van der Waals surface area contributed by atoms with E-state index in [2.05, 4.69) is 15.2 Å². The minimum absolute atomic E-state index is 0.0789. The second-order valence-electron chi connectivity index (χ2n) is 5.27. The molecule has 0 amide bonds. The second-order valence-corrected chi connectivity index (χ2v) is 5.27. The smallest absolute Gasteiger partial charge is 0.341 e. The van der Waals surface area contributed by atoms with Crippen molar-refractivity contribution in [2.45, 2.75) is 18.3 Å². The van der Waals surface area contributed by atoms with Gasteiger partial charge in [-0.1, -0.05) is 0 Å². The van der Waals surface area contributed by atoms with Crippen molar-refractivity contribution in [2.24, 2.45) is 0 Å². The lowest BCUT2D eigenvalue weighted by atomic mass is 10.1. The molecule has 0 saturated heterocycles. The van der Waals surface area contributed by atoms with Crippen molar-refractivity contribution in [3.8, 4) is 17.4 Å². The molecule has 0 saturated carbocycles. The van der Waals surface area contributed by atoms with Gasteiger partial charge in [0.1, 0.15) is 24.6 Å². The monoisotopic (exact) mass is 335 g/mol. The minimum atomic E-state index is -1.37. The fraction of sp³-hybridized carbons (Fsp3) is 0.286. The van der Waals surface area contributed by atoms with Crippen molar-refractivity contribution in [1.29, 1.82) is 0 Å². The first-order valence-corrected chi connectivity index (χ1v) is 7.07. The Morgan fingerprint density at radius 3 is 2.58 bits per heavy atom. The van der Waals surface area contributed by atoms with E-state index in [9.17, 15) is 10.2 Å². The number of rotatable bonds is 4. The van der Waals surface area contributed by atoms with E-state index in [0.717, 1.165) is 6.26 Å². The predicted molar refractivity (Wildman–Crippen MR) is 83.3 cm³/mol. The van der Waals surface area contributed by atoms with E-state index in [0.29, 0.717) is 22.8 Å². The van der Waals surface area contributed by atoms with Crippen LogP contribution in [0.4, 0.5) is 11.4 Å². The molecule has 10 nitrogen and oxygen atoms in total. The number of nitrogens with zero attached hydrogens (tertiary/aromatic N) is 2. The maximum atomic E-state index is 9.96. The third-order valence-electron chi connectivity index (χ3n) is 3.46. The molecule has 24 heavy (non-hydrogen) atoms. The third kappa shape index (κ3) is 3.11. The van der Waals surface area contributed by atoms with Crippen LogP contribution in [0.5, 0.6) is 6.01 Å². The van der Waals surface area contributed by atoms with Crippen molar-refractivity contribution < 1.29 is 24.8 Å². The Labute approximate surface area is 136 Å². The Morgan fingerprint density at radius 2 is 1.92 bits per heavy atom. The highest BCUT2D eigenvalue weighted by Gasteiger charge is 2.35. The average molecular weight is 335 g/mol. The first-order valence-electron chi connectivity index (χ1n) is 7.07. The van der Waals surface area contributed by atoms with Crippen LogP contribution in [0.25, 0.3) is 11.4 Å². The Balaban J connectivity index is 1.78. The van der Waals surface area contributed by atoms with Gasteiger partial charge in [-0.3, -0.25) is 5.10 Å². The van der Waals surface area contributed by atoms with Gasteiger partial charge in [-0.25, -0.2) is 0 Å². The number of aromatic nitrogens is 3. The van der Waals surface area contributed by atoms with Crippen molar-refractivity contribution in [2.75, 3.05) is 18.1 Å². The number of anilines is 2. The van der Waals surface area contributed by atoms with E-state index in [1.165, 1.54) is 0 Å². The Hall–Kier alpha value is -2.82. The quantitative estimate of drug-likeness (QED) is 0.382. The fourth-order valence-corrected chi connectivity index (χ4v) is 2.25. The van der Waals surface area contributed by atoms with Crippen LogP contribution in [0.1, 0.15) is 0 Å². The number of aliphatic hydroxyl groups excluding tert-OH is 3. The summed E-state index contributed by atoms with van der Waals surface area (Å²) in [5.74, 6) is 0.287. The Bertz CT molecular complexity index is 742. The van der Waals surface area contributed by atoms with E-state index in [4.69, 9.17) is 26.0 Å². The number of nitrogens with two attached hydrogens (primary N) is 2. The molecule has 2 heterocycles. The molecule has 8 N–H and O–H groups in total. The van der Waals surface area contributed by atoms with Crippen LogP contribution in [-0.4, -0.2) is 55.4 Å². The van der Waals surface area contributed by atoms with Gasteiger partial charge in [0.2, 0.25) is 0 Å². The molecule has 0 spiro atoms. The maximum Gasteiger partial charge on any atom is 0.341 e. The number of benzene rings is 1. The Morgan fingerprint density at radius 1 is 1.21 bits per heavy atom. The molecule has 1 aromatic carbocycles. The van der Waals surface area contributed by atoms with Gasteiger partial charge in [0, 0.05) is 16.9 Å². The summed E-state index contributed by atoms with van der Waals surface area (Å²) in [6, 6.07) is 4.84. The largest absolute Gasteiger partial charge is 0.489 e. The molecule has 0 fully saturated rings. The van der Waals surface area contributed by atoms with Crippen LogP contribution in [0.15, 0.2) is 30.2 Å². The molecular formula is C14H17N5O5. The molecule has 0 bridgehead atoms. The molecule has 1 aliphatic heterocycles. The molecule has 2 aromatic rings. The summed E-state index contributed by atoms with van der Waals surface area (Å²) in [5, 5.41) is 35.3. The summed E-state index contributed by atoms with van der Waals surface area (Å²) in [6.45, 7) is -0.441. The highest BCUT2D eigenvalue weighted by atomic mass is 16.6. The van der Waals surface area contributed by atoms with Crippen LogP contribution < -0.4 is 16.2 Å². The minimum Gasteiger partial charge on any atom is -0.489 e. The first-order chi connectivity index (χ1) is 11.5. The summed E-state index contributed by atoms with van der Waals surface area (Å²) >= 11 is 0. The Kier molecular flexibility index (Phi) is 4.25. The number of hydrogen-bond acceptors (Lipinski definition) is 9. The third-order valence-corrected chi connectivity index (χ3v) is 3.46. The summed E-state index contributed by atoms with van der Waals surface area (Å²) in [5.41, 5.74) is 13.0. The predicted octanol–water partition coefficient (Wildman–Crippen LogP) is -1.03. The summed E-state index contributed by atoms with van der Waals surface area (Å²) < 4.78 is 10.4. The lowest BCUT2D eigenvalue weighted by molar-refractivity contribution is -0.0990. The molecule has 2 unspecified atom stereocenters. The summed E-state index contributed by atoms with van der Waals surface area (Å²) in [7, 11) is 0. The molecular weight excluding hydrogens is 318 g/mol. The molecule has 10 heteroatoms. The number of aromatic amines is 1. The summed E-state index contributed by atoms with van der Waals surface area (Å²) in [6.07, 6.45) is -2.53. The molecule has 3 atom stereocenters. The number of nitrogens with one attached hydrogen (secondary N) is 1.